The SMILES string of the molecule is Cc1noc(-c2c(NC(=O)NCc3ccc4c(c3)OCO4)sc3c2CCOC3)n1. The molecule has 4 heterocycles. The first-order valence-corrected chi connectivity index (χ1v) is 9.95. The number of fused-ring (bicyclic) bond motifs is 2. The number of rotatable bonds is 4. The van der Waals surface area contributed by atoms with Gasteiger partial charge in [-0.1, -0.05) is 11.2 Å². The Hall–Kier alpha value is -3.11. The lowest BCUT2D eigenvalue weighted by atomic mass is 10.1. The number of urea groups is 1. The number of nitrogens with one attached hydrogen (secondary N) is 2. The largest absolute Gasteiger partial charge is 0.454 e. The first kappa shape index (κ1) is 18.0. The van der Waals surface area contributed by atoms with Crippen LogP contribution in [0.3, 0.4) is 0 Å². The minimum atomic E-state index is -0.320. The molecule has 2 amide bonds. The fourth-order valence-electron chi connectivity index (χ4n) is 3.33. The molecule has 10 heteroatoms. The highest BCUT2D eigenvalue weighted by molar-refractivity contribution is 7.17. The Kier molecular flexibility index (Phi) is 4.57. The summed E-state index contributed by atoms with van der Waals surface area (Å²) in [5.74, 6) is 2.35. The first-order valence-electron chi connectivity index (χ1n) is 9.14. The standard InChI is InChI=1S/C19H18N4O5S/c1-10-21-17(28-23-10)16-12-4-5-25-8-15(12)29-18(16)22-19(24)20-7-11-2-3-13-14(6-11)27-9-26-13/h2-3,6H,4-5,7-9H2,1H3,(H2,20,22,24). The molecule has 0 unspecified atom stereocenters. The van der Waals surface area contributed by atoms with E-state index in [0.717, 1.165) is 28.0 Å². The minimum absolute atomic E-state index is 0.220. The number of anilines is 1. The van der Waals surface area contributed by atoms with Crippen molar-refractivity contribution in [3.05, 3.63) is 40.0 Å². The average Bonchev–Trinajstić information content (AvgIpc) is 3.43. The Morgan fingerprint density at radius 2 is 2.17 bits per heavy atom. The molecular formula is C19H18N4O5S. The summed E-state index contributed by atoms with van der Waals surface area (Å²) in [4.78, 5) is 18.0. The first-order chi connectivity index (χ1) is 14.2. The molecule has 9 nitrogen and oxygen atoms in total. The smallest absolute Gasteiger partial charge is 0.320 e. The van der Waals surface area contributed by atoms with Crippen LogP contribution in [-0.4, -0.2) is 29.6 Å². The summed E-state index contributed by atoms with van der Waals surface area (Å²) in [5, 5.41) is 10.3. The van der Waals surface area contributed by atoms with Crippen LogP contribution in [0.4, 0.5) is 9.80 Å². The summed E-state index contributed by atoms with van der Waals surface area (Å²) in [6.45, 7) is 3.48. The van der Waals surface area contributed by atoms with E-state index in [2.05, 4.69) is 20.8 Å². The van der Waals surface area contributed by atoms with Crippen LogP contribution in [0.25, 0.3) is 11.5 Å². The van der Waals surface area contributed by atoms with Crippen LogP contribution in [0.2, 0.25) is 0 Å². The van der Waals surface area contributed by atoms with E-state index in [0.29, 0.717) is 48.0 Å². The van der Waals surface area contributed by atoms with Gasteiger partial charge in [0.25, 0.3) is 5.89 Å². The van der Waals surface area contributed by atoms with Crippen molar-refractivity contribution < 1.29 is 23.5 Å². The van der Waals surface area contributed by atoms with Gasteiger partial charge < -0.3 is 24.1 Å². The quantitative estimate of drug-likeness (QED) is 0.675. The Labute approximate surface area is 170 Å². The molecule has 2 aliphatic heterocycles. The third-order valence-electron chi connectivity index (χ3n) is 4.68. The van der Waals surface area contributed by atoms with E-state index in [4.69, 9.17) is 18.7 Å². The molecule has 1 aromatic carbocycles. The van der Waals surface area contributed by atoms with Crippen molar-refractivity contribution in [1.29, 1.82) is 0 Å². The molecule has 0 radical (unpaired) electrons. The number of aromatic nitrogens is 2. The van der Waals surface area contributed by atoms with Crippen molar-refractivity contribution >= 4 is 22.4 Å². The van der Waals surface area contributed by atoms with E-state index in [-0.39, 0.29) is 12.8 Å². The van der Waals surface area contributed by atoms with Crippen LogP contribution >= 0.6 is 11.3 Å². The fourth-order valence-corrected chi connectivity index (χ4v) is 4.50. The molecule has 2 aliphatic rings. The van der Waals surface area contributed by atoms with Gasteiger partial charge in [-0.2, -0.15) is 4.98 Å². The van der Waals surface area contributed by atoms with Gasteiger partial charge in [0, 0.05) is 11.4 Å². The summed E-state index contributed by atoms with van der Waals surface area (Å²) in [5.41, 5.74) is 2.79. The van der Waals surface area contributed by atoms with E-state index in [1.54, 1.807) is 6.92 Å². The van der Waals surface area contributed by atoms with Gasteiger partial charge in [-0.3, -0.25) is 5.32 Å². The molecule has 5 rings (SSSR count). The number of nitrogens with zero attached hydrogens (tertiary/aromatic N) is 2. The third kappa shape index (κ3) is 3.52. The summed E-state index contributed by atoms with van der Waals surface area (Å²) in [6.07, 6.45) is 0.739. The summed E-state index contributed by atoms with van der Waals surface area (Å²) in [7, 11) is 0. The van der Waals surface area contributed by atoms with Crippen LogP contribution in [0, 0.1) is 6.92 Å². The Morgan fingerprint density at radius 1 is 1.28 bits per heavy atom. The summed E-state index contributed by atoms with van der Waals surface area (Å²) < 4.78 is 21.6. The van der Waals surface area contributed by atoms with Gasteiger partial charge in [0.2, 0.25) is 6.79 Å². The number of thiophene rings is 1. The van der Waals surface area contributed by atoms with Gasteiger partial charge in [0.1, 0.15) is 5.00 Å². The Bertz CT molecular complexity index is 1080. The average molecular weight is 414 g/mol. The van der Waals surface area contributed by atoms with Crippen LogP contribution in [-0.2, 0) is 24.3 Å². The highest BCUT2D eigenvalue weighted by Gasteiger charge is 2.26. The predicted octanol–water partition coefficient (Wildman–Crippen LogP) is 3.23. The van der Waals surface area contributed by atoms with Crippen molar-refractivity contribution in [2.45, 2.75) is 26.5 Å². The molecule has 0 bridgehead atoms. The molecule has 0 saturated carbocycles. The van der Waals surface area contributed by atoms with Crippen LogP contribution in [0.15, 0.2) is 22.7 Å². The molecule has 29 heavy (non-hydrogen) atoms. The van der Waals surface area contributed by atoms with Crippen molar-refractivity contribution in [3.63, 3.8) is 0 Å². The lowest BCUT2D eigenvalue weighted by Crippen LogP contribution is -2.28. The second-order valence-corrected chi connectivity index (χ2v) is 7.76. The van der Waals surface area contributed by atoms with Crippen LogP contribution in [0.5, 0.6) is 11.5 Å². The number of carbonyl (C=O) groups excluding carboxylic acids is 1. The number of amides is 2. The number of benzene rings is 1. The number of hydrogen-bond donors (Lipinski definition) is 2. The summed E-state index contributed by atoms with van der Waals surface area (Å²) >= 11 is 1.47. The lowest BCUT2D eigenvalue weighted by molar-refractivity contribution is 0.113. The van der Waals surface area contributed by atoms with E-state index in [1.807, 2.05) is 18.2 Å². The van der Waals surface area contributed by atoms with E-state index < -0.39 is 0 Å². The third-order valence-corrected chi connectivity index (χ3v) is 5.80. The number of carbonyl (C=O) groups is 1. The number of aryl methyl sites for hydroxylation is 1. The van der Waals surface area contributed by atoms with Crippen molar-refractivity contribution in [2.24, 2.45) is 0 Å². The predicted molar refractivity (Wildman–Crippen MR) is 104 cm³/mol. The van der Waals surface area contributed by atoms with E-state index >= 15 is 0 Å². The molecule has 0 atom stereocenters. The van der Waals surface area contributed by atoms with Gasteiger partial charge in [-0.15, -0.1) is 11.3 Å². The molecular weight excluding hydrogens is 396 g/mol. The number of hydrogen-bond acceptors (Lipinski definition) is 8. The van der Waals surface area contributed by atoms with E-state index in [1.165, 1.54) is 11.3 Å². The second-order valence-electron chi connectivity index (χ2n) is 6.65. The molecule has 150 valence electrons. The normalized spacial score (nSPS) is 14.5. The van der Waals surface area contributed by atoms with Gasteiger partial charge in [0.05, 0.1) is 18.8 Å². The highest BCUT2D eigenvalue weighted by Crippen LogP contribution is 2.42. The maximum atomic E-state index is 12.6. The van der Waals surface area contributed by atoms with Crippen molar-refractivity contribution in [3.8, 4) is 23.0 Å². The van der Waals surface area contributed by atoms with Gasteiger partial charge in [-0.05, 0) is 36.6 Å². The van der Waals surface area contributed by atoms with Gasteiger partial charge in [0.15, 0.2) is 17.3 Å². The maximum absolute atomic E-state index is 12.6. The zero-order valence-electron chi connectivity index (χ0n) is 15.6. The highest BCUT2D eigenvalue weighted by atomic mass is 32.1. The zero-order valence-corrected chi connectivity index (χ0v) is 16.4. The van der Waals surface area contributed by atoms with Crippen LogP contribution < -0.4 is 20.1 Å². The van der Waals surface area contributed by atoms with E-state index in [9.17, 15) is 4.79 Å². The van der Waals surface area contributed by atoms with Crippen molar-refractivity contribution in [1.82, 2.24) is 15.5 Å². The molecule has 0 aliphatic carbocycles. The van der Waals surface area contributed by atoms with Crippen molar-refractivity contribution in [2.75, 3.05) is 18.7 Å². The topological polar surface area (TPSA) is 108 Å². The number of ether oxygens (including phenoxy) is 3. The molecule has 0 saturated heterocycles. The minimum Gasteiger partial charge on any atom is -0.454 e. The van der Waals surface area contributed by atoms with Crippen LogP contribution in [0.1, 0.15) is 21.8 Å². The second kappa shape index (κ2) is 7.37. The van der Waals surface area contributed by atoms with Gasteiger partial charge >= 0.3 is 6.03 Å². The Morgan fingerprint density at radius 3 is 3.03 bits per heavy atom. The molecule has 2 aromatic heterocycles. The lowest BCUT2D eigenvalue weighted by Gasteiger charge is -2.12. The summed E-state index contributed by atoms with van der Waals surface area (Å²) in [6, 6.07) is 5.26. The monoisotopic (exact) mass is 414 g/mol. The molecule has 0 spiro atoms. The molecule has 0 fully saturated rings. The zero-order chi connectivity index (χ0) is 19.8. The maximum Gasteiger partial charge on any atom is 0.320 e. The molecule has 2 N–H and O–H groups in total. The molecule has 3 aromatic rings. The fraction of sp³-hybridized carbons (Fsp3) is 0.316. The van der Waals surface area contributed by atoms with Gasteiger partial charge in [-0.25, -0.2) is 4.79 Å². The Balaban J connectivity index is 1.33.